The third kappa shape index (κ3) is 3.10. The third-order valence-electron chi connectivity index (χ3n) is 3.04. The summed E-state index contributed by atoms with van der Waals surface area (Å²) in [5.74, 6) is 0. The number of hydrogen-bond acceptors (Lipinski definition) is 4. The molecule has 1 fully saturated rings. The minimum absolute atomic E-state index is 0.354. The molecule has 4 nitrogen and oxygen atoms in total. The lowest BCUT2D eigenvalue weighted by Gasteiger charge is -2.39. The molecular formula is C13H17BrO4. The molecule has 100 valence electrons. The summed E-state index contributed by atoms with van der Waals surface area (Å²) < 4.78 is 11.0. The Morgan fingerprint density at radius 1 is 1.28 bits per heavy atom. The van der Waals surface area contributed by atoms with Gasteiger partial charge in [-0.15, -0.1) is 0 Å². The SMILES string of the molecule is C[C@@H]1O[C@H](O)C(Br)[C@@H](O)[C@@H]1OCc1ccccc1. The van der Waals surface area contributed by atoms with E-state index < -0.39 is 23.3 Å². The highest BCUT2D eigenvalue weighted by Gasteiger charge is 2.42. The van der Waals surface area contributed by atoms with E-state index in [4.69, 9.17) is 9.47 Å². The molecule has 1 saturated heterocycles. The molecule has 0 spiro atoms. The Labute approximate surface area is 115 Å². The Hall–Kier alpha value is -0.460. The van der Waals surface area contributed by atoms with Gasteiger partial charge in [-0.25, -0.2) is 0 Å². The molecule has 1 aromatic rings. The fourth-order valence-corrected chi connectivity index (χ4v) is 2.43. The van der Waals surface area contributed by atoms with E-state index in [0.29, 0.717) is 6.61 Å². The molecule has 5 atom stereocenters. The molecule has 18 heavy (non-hydrogen) atoms. The van der Waals surface area contributed by atoms with Crippen LogP contribution in [0.1, 0.15) is 12.5 Å². The molecule has 2 rings (SSSR count). The summed E-state index contributed by atoms with van der Waals surface area (Å²) in [5, 5.41) is 19.6. The quantitative estimate of drug-likeness (QED) is 0.828. The maximum atomic E-state index is 10.0. The van der Waals surface area contributed by atoms with Crippen LogP contribution in [-0.4, -0.2) is 39.6 Å². The van der Waals surface area contributed by atoms with Gasteiger partial charge in [0, 0.05) is 0 Å². The monoisotopic (exact) mass is 316 g/mol. The van der Waals surface area contributed by atoms with E-state index in [0.717, 1.165) is 5.56 Å². The molecule has 0 aliphatic carbocycles. The van der Waals surface area contributed by atoms with Crippen molar-refractivity contribution >= 4 is 15.9 Å². The van der Waals surface area contributed by atoms with Crippen LogP contribution in [0.2, 0.25) is 0 Å². The second kappa shape index (κ2) is 6.12. The van der Waals surface area contributed by atoms with Crippen molar-refractivity contribution in [1.82, 2.24) is 0 Å². The molecule has 0 saturated carbocycles. The first-order chi connectivity index (χ1) is 8.59. The zero-order valence-corrected chi connectivity index (χ0v) is 11.7. The molecule has 0 radical (unpaired) electrons. The summed E-state index contributed by atoms with van der Waals surface area (Å²) >= 11 is 3.21. The maximum Gasteiger partial charge on any atom is 0.170 e. The summed E-state index contributed by atoms with van der Waals surface area (Å²) in [5.41, 5.74) is 1.04. The maximum absolute atomic E-state index is 10.0. The fraction of sp³-hybridized carbons (Fsp3) is 0.538. The topological polar surface area (TPSA) is 58.9 Å². The Morgan fingerprint density at radius 3 is 2.61 bits per heavy atom. The first kappa shape index (κ1) is 14.0. The van der Waals surface area contributed by atoms with Crippen LogP contribution in [-0.2, 0) is 16.1 Å². The number of alkyl halides is 1. The Balaban J connectivity index is 1.96. The number of aliphatic hydroxyl groups is 2. The summed E-state index contributed by atoms with van der Waals surface area (Å²) in [6.07, 6.45) is -2.62. The van der Waals surface area contributed by atoms with Gasteiger partial charge in [0.15, 0.2) is 6.29 Å². The van der Waals surface area contributed by atoms with Crippen LogP contribution in [0.3, 0.4) is 0 Å². The van der Waals surface area contributed by atoms with Crippen LogP contribution < -0.4 is 0 Å². The van der Waals surface area contributed by atoms with E-state index in [9.17, 15) is 10.2 Å². The predicted molar refractivity (Wildman–Crippen MR) is 70.3 cm³/mol. The van der Waals surface area contributed by atoms with Crippen molar-refractivity contribution in [3.8, 4) is 0 Å². The van der Waals surface area contributed by atoms with Gasteiger partial charge in [-0.2, -0.15) is 0 Å². The van der Waals surface area contributed by atoms with Crippen LogP contribution >= 0.6 is 15.9 Å². The zero-order chi connectivity index (χ0) is 13.1. The van der Waals surface area contributed by atoms with E-state index in [2.05, 4.69) is 15.9 Å². The molecule has 0 aromatic heterocycles. The van der Waals surface area contributed by atoms with Gasteiger partial charge in [0.1, 0.15) is 12.2 Å². The van der Waals surface area contributed by atoms with E-state index in [1.807, 2.05) is 30.3 Å². The number of hydrogen-bond donors (Lipinski definition) is 2. The number of aliphatic hydroxyl groups excluding tert-OH is 2. The summed E-state index contributed by atoms with van der Waals surface area (Å²) in [7, 11) is 0. The Morgan fingerprint density at radius 2 is 1.94 bits per heavy atom. The second-order valence-electron chi connectivity index (χ2n) is 4.43. The van der Waals surface area contributed by atoms with Gasteiger partial charge in [0.05, 0.1) is 17.5 Å². The molecule has 0 bridgehead atoms. The van der Waals surface area contributed by atoms with Crippen molar-refractivity contribution < 1.29 is 19.7 Å². The molecule has 2 N–H and O–H groups in total. The largest absolute Gasteiger partial charge is 0.389 e. The van der Waals surface area contributed by atoms with Crippen LogP contribution in [0.4, 0.5) is 0 Å². The van der Waals surface area contributed by atoms with E-state index >= 15 is 0 Å². The van der Waals surface area contributed by atoms with Crippen LogP contribution in [0.25, 0.3) is 0 Å². The molecule has 1 aliphatic rings. The molecule has 0 amide bonds. The zero-order valence-electron chi connectivity index (χ0n) is 10.1. The summed E-state index contributed by atoms with van der Waals surface area (Å²) in [6.45, 7) is 2.19. The molecule has 1 aromatic carbocycles. The van der Waals surface area contributed by atoms with Crippen LogP contribution in [0.5, 0.6) is 0 Å². The molecule has 1 aliphatic heterocycles. The smallest absolute Gasteiger partial charge is 0.170 e. The fourth-order valence-electron chi connectivity index (χ4n) is 2.00. The van der Waals surface area contributed by atoms with Gasteiger partial charge >= 0.3 is 0 Å². The predicted octanol–water partition coefficient (Wildman–Crippen LogP) is 1.43. The van der Waals surface area contributed by atoms with Gasteiger partial charge in [-0.3, -0.25) is 0 Å². The number of halogens is 1. The van der Waals surface area contributed by atoms with E-state index in [1.165, 1.54) is 0 Å². The highest BCUT2D eigenvalue weighted by molar-refractivity contribution is 9.09. The molecule has 1 unspecified atom stereocenters. The van der Waals surface area contributed by atoms with Crippen molar-refractivity contribution in [2.45, 2.75) is 43.0 Å². The number of ether oxygens (including phenoxy) is 2. The van der Waals surface area contributed by atoms with E-state index in [-0.39, 0.29) is 6.10 Å². The van der Waals surface area contributed by atoms with Crippen LogP contribution in [0, 0.1) is 0 Å². The standard InChI is InChI=1S/C13H17BrO4/c1-8-12(11(15)10(14)13(16)18-8)17-7-9-5-3-2-4-6-9/h2-6,8,10-13,15-16H,7H2,1H3/t8-,10?,11+,12+,13-/m0/s1. The van der Waals surface area contributed by atoms with Gasteiger partial charge in [-0.05, 0) is 12.5 Å². The van der Waals surface area contributed by atoms with Crippen LogP contribution in [0.15, 0.2) is 30.3 Å². The lowest BCUT2D eigenvalue weighted by Crippen LogP contribution is -2.55. The van der Waals surface area contributed by atoms with Gasteiger partial charge in [-0.1, -0.05) is 46.3 Å². The van der Waals surface area contributed by atoms with Gasteiger partial charge < -0.3 is 19.7 Å². The van der Waals surface area contributed by atoms with Crippen molar-refractivity contribution in [2.75, 3.05) is 0 Å². The molecular weight excluding hydrogens is 300 g/mol. The third-order valence-corrected chi connectivity index (χ3v) is 4.03. The number of rotatable bonds is 3. The summed E-state index contributed by atoms with van der Waals surface area (Å²) in [6, 6.07) is 9.73. The molecule has 1 heterocycles. The highest BCUT2D eigenvalue weighted by Crippen LogP contribution is 2.27. The average Bonchev–Trinajstić information content (AvgIpc) is 2.37. The minimum atomic E-state index is -1.01. The Kier molecular flexibility index (Phi) is 4.75. The van der Waals surface area contributed by atoms with Crippen molar-refractivity contribution in [3.05, 3.63) is 35.9 Å². The Bertz CT molecular complexity index is 373. The first-order valence-corrected chi connectivity index (χ1v) is 6.82. The highest BCUT2D eigenvalue weighted by atomic mass is 79.9. The van der Waals surface area contributed by atoms with Gasteiger partial charge in [0.2, 0.25) is 0 Å². The lowest BCUT2D eigenvalue weighted by molar-refractivity contribution is -0.234. The van der Waals surface area contributed by atoms with Crippen molar-refractivity contribution in [3.63, 3.8) is 0 Å². The number of benzene rings is 1. The van der Waals surface area contributed by atoms with Gasteiger partial charge in [0.25, 0.3) is 0 Å². The van der Waals surface area contributed by atoms with Crippen molar-refractivity contribution in [1.29, 1.82) is 0 Å². The minimum Gasteiger partial charge on any atom is -0.389 e. The van der Waals surface area contributed by atoms with Crippen molar-refractivity contribution in [2.24, 2.45) is 0 Å². The normalized spacial score (nSPS) is 36.6. The van der Waals surface area contributed by atoms with E-state index in [1.54, 1.807) is 6.92 Å². The first-order valence-electron chi connectivity index (χ1n) is 5.91. The second-order valence-corrected chi connectivity index (χ2v) is 5.49. The average molecular weight is 317 g/mol. The lowest BCUT2D eigenvalue weighted by atomic mass is 10.0. The molecule has 5 heteroatoms. The summed E-state index contributed by atoms with van der Waals surface area (Å²) in [4.78, 5) is -0.533.